The van der Waals surface area contributed by atoms with Gasteiger partial charge in [-0.1, -0.05) is 24.3 Å². The van der Waals surface area contributed by atoms with Gasteiger partial charge in [0.1, 0.15) is 5.69 Å². The monoisotopic (exact) mass is 356 g/mol. The van der Waals surface area contributed by atoms with Crippen molar-refractivity contribution >= 4 is 11.4 Å². The van der Waals surface area contributed by atoms with Crippen LogP contribution in [0.1, 0.15) is 11.1 Å². The summed E-state index contributed by atoms with van der Waals surface area (Å²) in [5.41, 5.74) is 1.92. The first-order valence-electron chi connectivity index (χ1n) is 7.86. The predicted octanol–water partition coefficient (Wildman–Crippen LogP) is 3.60. The summed E-state index contributed by atoms with van der Waals surface area (Å²) in [6.45, 7) is 1.08. The van der Waals surface area contributed by atoms with E-state index >= 15 is 0 Å². The van der Waals surface area contributed by atoms with Crippen LogP contribution < -0.4 is 10.1 Å². The summed E-state index contributed by atoms with van der Waals surface area (Å²) in [6, 6.07) is 9.99. The van der Waals surface area contributed by atoms with Crippen LogP contribution in [0.5, 0.6) is 5.75 Å². The SMILES string of the molecule is COc1cc(NCc2ccc(Cn3ccnc3)cc2)c([N+](=O)[O-])cc1F. The fourth-order valence-electron chi connectivity index (χ4n) is 2.54. The van der Waals surface area contributed by atoms with E-state index in [-0.39, 0.29) is 17.1 Å². The molecule has 0 aliphatic carbocycles. The number of aromatic nitrogens is 2. The lowest BCUT2D eigenvalue weighted by molar-refractivity contribution is -0.384. The van der Waals surface area contributed by atoms with E-state index in [0.717, 1.165) is 17.2 Å². The first-order valence-corrected chi connectivity index (χ1v) is 7.86. The minimum Gasteiger partial charge on any atom is -0.494 e. The number of hydrogen-bond donors (Lipinski definition) is 1. The molecule has 0 bridgehead atoms. The molecule has 7 nitrogen and oxygen atoms in total. The van der Waals surface area contributed by atoms with Crippen molar-refractivity contribution in [1.82, 2.24) is 9.55 Å². The zero-order chi connectivity index (χ0) is 18.5. The van der Waals surface area contributed by atoms with Crippen molar-refractivity contribution in [2.45, 2.75) is 13.1 Å². The molecule has 3 aromatic rings. The number of methoxy groups -OCH3 is 1. The molecule has 1 aromatic heterocycles. The Morgan fingerprint density at radius 3 is 2.62 bits per heavy atom. The highest BCUT2D eigenvalue weighted by Crippen LogP contribution is 2.32. The van der Waals surface area contributed by atoms with Crippen molar-refractivity contribution in [2.75, 3.05) is 12.4 Å². The number of hydrogen-bond acceptors (Lipinski definition) is 5. The van der Waals surface area contributed by atoms with Gasteiger partial charge < -0.3 is 14.6 Å². The fraction of sp³-hybridized carbons (Fsp3) is 0.167. The number of nitrogens with one attached hydrogen (secondary N) is 1. The minimum absolute atomic E-state index is 0.0474. The highest BCUT2D eigenvalue weighted by molar-refractivity contribution is 5.64. The first-order chi connectivity index (χ1) is 12.6. The Bertz CT molecular complexity index is 896. The zero-order valence-corrected chi connectivity index (χ0v) is 14.1. The van der Waals surface area contributed by atoms with E-state index in [9.17, 15) is 14.5 Å². The number of rotatable bonds is 7. The van der Waals surface area contributed by atoms with E-state index < -0.39 is 10.7 Å². The summed E-state index contributed by atoms with van der Waals surface area (Å²) in [6.07, 6.45) is 5.36. The number of nitro benzene ring substituents is 1. The minimum atomic E-state index is -0.770. The molecule has 26 heavy (non-hydrogen) atoms. The van der Waals surface area contributed by atoms with Gasteiger partial charge in [0.15, 0.2) is 11.6 Å². The molecule has 0 saturated carbocycles. The number of nitro groups is 1. The number of imidazole rings is 1. The van der Waals surface area contributed by atoms with Crippen LogP contribution in [0.2, 0.25) is 0 Å². The van der Waals surface area contributed by atoms with Crippen LogP contribution in [-0.2, 0) is 13.1 Å². The fourth-order valence-corrected chi connectivity index (χ4v) is 2.54. The lowest BCUT2D eigenvalue weighted by Crippen LogP contribution is -2.04. The van der Waals surface area contributed by atoms with Gasteiger partial charge >= 0.3 is 0 Å². The maximum absolute atomic E-state index is 13.7. The lowest BCUT2D eigenvalue weighted by atomic mass is 10.1. The van der Waals surface area contributed by atoms with Crippen LogP contribution in [-0.4, -0.2) is 21.6 Å². The van der Waals surface area contributed by atoms with Gasteiger partial charge in [0.25, 0.3) is 5.69 Å². The second-order valence-electron chi connectivity index (χ2n) is 5.67. The van der Waals surface area contributed by atoms with Gasteiger partial charge in [-0.2, -0.15) is 0 Å². The second kappa shape index (κ2) is 7.64. The summed E-state index contributed by atoms with van der Waals surface area (Å²) in [4.78, 5) is 14.5. The molecule has 0 unspecified atom stereocenters. The molecule has 1 N–H and O–H groups in total. The molecule has 1 heterocycles. The van der Waals surface area contributed by atoms with Gasteiger partial charge in [-0.3, -0.25) is 10.1 Å². The molecule has 0 amide bonds. The van der Waals surface area contributed by atoms with Gasteiger partial charge in [0.2, 0.25) is 0 Å². The third kappa shape index (κ3) is 3.97. The highest BCUT2D eigenvalue weighted by Gasteiger charge is 2.18. The molecular weight excluding hydrogens is 339 g/mol. The summed E-state index contributed by atoms with van der Waals surface area (Å²) in [5.74, 6) is -0.817. The number of anilines is 1. The Kier molecular flexibility index (Phi) is 5.12. The number of halogens is 1. The molecule has 134 valence electrons. The molecule has 0 aliphatic heterocycles. The topological polar surface area (TPSA) is 82.2 Å². The third-order valence-electron chi connectivity index (χ3n) is 3.90. The zero-order valence-electron chi connectivity index (χ0n) is 14.1. The maximum Gasteiger partial charge on any atom is 0.295 e. The van der Waals surface area contributed by atoms with Crippen LogP contribution in [0.25, 0.3) is 0 Å². The lowest BCUT2D eigenvalue weighted by Gasteiger charge is -2.10. The second-order valence-corrected chi connectivity index (χ2v) is 5.67. The summed E-state index contributed by atoms with van der Waals surface area (Å²) < 4.78 is 20.5. The Hall–Kier alpha value is -3.42. The van der Waals surface area contributed by atoms with E-state index in [0.29, 0.717) is 13.1 Å². The highest BCUT2D eigenvalue weighted by atomic mass is 19.1. The molecule has 2 aromatic carbocycles. The molecular formula is C18H17FN4O3. The van der Waals surface area contributed by atoms with Crippen LogP contribution in [0.4, 0.5) is 15.8 Å². The molecule has 0 atom stereocenters. The average molecular weight is 356 g/mol. The van der Waals surface area contributed by atoms with Gasteiger partial charge in [-0.05, 0) is 11.1 Å². The quantitative estimate of drug-likeness (QED) is 0.517. The van der Waals surface area contributed by atoms with Crippen LogP contribution in [0.3, 0.4) is 0 Å². The molecule has 0 aliphatic rings. The van der Waals surface area contributed by atoms with E-state index in [1.165, 1.54) is 13.2 Å². The Labute approximate surface area is 149 Å². The van der Waals surface area contributed by atoms with Crippen LogP contribution in [0.15, 0.2) is 55.1 Å². The van der Waals surface area contributed by atoms with Gasteiger partial charge in [0.05, 0.1) is 24.4 Å². The third-order valence-corrected chi connectivity index (χ3v) is 3.90. The van der Waals surface area contributed by atoms with Gasteiger partial charge in [-0.25, -0.2) is 9.37 Å². The molecule has 8 heteroatoms. The van der Waals surface area contributed by atoms with E-state index in [4.69, 9.17) is 4.74 Å². The standard InChI is InChI=1S/C18H17FN4O3/c1-26-18-9-16(17(23(24)25)8-15(18)19)21-10-13-2-4-14(5-3-13)11-22-7-6-20-12-22/h2-9,12,21H,10-11H2,1H3. The molecule has 3 rings (SSSR count). The number of ether oxygens (including phenoxy) is 1. The van der Waals surface area contributed by atoms with Crippen molar-refractivity contribution in [1.29, 1.82) is 0 Å². The van der Waals surface area contributed by atoms with Crippen molar-refractivity contribution in [3.05, 3.63) is 82.2 Å². The van der Waals surface area contributed by atoms with Crippen molar-refractivity contribution < 1.29 is 14.1 Å². The van der Waals surface area contributed by atoms with E-state index in [2.05, 4.69) is 10.3 Å². The Morgan fingerprint density at radius 2 is 2.00 bits per heavy atom. The number of nitrogens with zero attached hydrogens (tertiary/aromatic N) is 3. The molecule has 0 saturated heterocycles. The maximum atomic E-state index is 13.7. The molecule has 0 fully saturated rings. The van der Waals surface area contributed by atoms with Crippen LogP contribution >= 0.6 is 0 Å². The summed E-state index contributed by atoms with van der Waals surface area (Å²) in [5, 5.41) is 14.1. The van der Waals surface area contributed by atoms with Crippen LogP contribution in [0, 0.1) is 15.9 Å². The normalized spacial score (nSPS) is 10.5. The Morgan fingerprint density at radius 1 is 1.27 bits per heavy atom. The van der Waals surface area contributed by atoms with E-state index in [1.807, 2.05) is 35.0 Å². The molecule has 0 spiro atoms. The number of benzene rings is 2. The van der Waals surface area contributed by atoms with E-state index in [1.54, 1.807) is 12.5 Å². The van der Waals surface area contributed by atoms with Crippen molar-refractivity contribution in [3.8, 4) is 5.75 Å². The summed E-state index contributed by atoms with van der Waals surface area (Å²) in [7, 11) is 1.31. The van der Waals surface area contributed by atoms with Gasteiger partial charge in [0, 0.05) is 31.5 Å². The van der Waals surface area contributed by atoms with Crippen molar-refractivity contribution in [3.63, 3.8) is 0 Å². The predicted molar refractivity (Wildman–Crippen MR) is 94.7 cm³/mol. The average Bonchev–Trinajstić information content (AvgIpc) is 3.14. The first kappa shape index (κ1) is 17.4. The largest absolute Gasteiger partial charge is 0.494 e. The molecule has 0 radical (unpaired) electrons. The van der Waals surface area contributed by atoms with Crippen molar-refractivity contribution in [2.24, 2.45) is 0 Å². The summed E-state index contributed by atoms with van der Waals surface area (Å²) >= 11 is 0. The Balaban J connectivity index is 1.71. The smallest absolute Gasteiger partial charge is 0.295 e. The van der Waals surface area contributed by atoms with Gasteiger partial charge in [-0.15, -0.1) is 0 Å².